The molecule has 0 bridgehead atoms. The van der Waals surface area contributed by atoms with E-state index in [9.17, 15) is 0 Å². The molecule has 0 atom stereocenters. The minimum Gasteiger partial charge on any atom is -0.416 e. The molecule has 0 amide bonds. The average Bonchev–Trinajstić information content (AvgIpc) is 1.66. The van der Waals surface area contributed by atoms with E-state index >= 15 is 0 Å². The van der Waals surface area contributed by atoms with Crippen molar-refractivity contribution in [2.45, 2.75) is 188 Å². The lowest BCUT2D eigenvalue weighted by atomic mass is 9.69. The third-order valence-electron chi connectivity index (χ3n) is 25.8. The molecular weight excluding hydrogens is 1530 g/mol. The molecule has 0 saturated carbocycles. The van der Waals surface area contributed by atoms with Crippen LogP contribution in [0.1, 0.15) is 195 Å². The van der Waals surface area contributed by atoms with Gasteiger partial charge in [-0.3, -0.25) is 0 Å². The smallest absolute Gasteiger partial charge is 0.248 e. The maximum Gasteiger partial charge on any atom is 0.248 e. The van der Waals surface area contributed by atoms with Crippen LogP contribution in [-0.2, 0) is 27.1 Å². The number of fused-ring (bicyclic) bond motifs is 7. The van der Waals surface area contributed by atoms with Crippen molar-refractivity contribution >= 4 is 43.1 Å². The van der Waals surface area contributed by atoms with E-state index in [0.717, 1.165) is 161 Å². The normalized spacial score (nSPS) is 12.9. The Balaban J connectivity index is 0.752. The molecular formula is C113H106N8O4. The van der Waals surface area contributed by atoms with Gasteiger partial charge in [-0.1, -0.05) is 318 Å². The van der Waals surface area contributed by atoms with Crippen molar-refractivity contribution in [1.82, 2.24) is 40.8 Å². The van der Waals surface area contributed by atoms with Gasteiger partial charge in [-0.15, -0.1) is 40.8 Å². The van der Waals surface area contributed by atoms with E-state index in [1.54, 1.807) is 0 Å². The summed E-state index contributed by atoms with van der Waals surface area (Å²) in [6.45, 7) is 31.3. The Morgan fingerprint density at radius 1 is 0.216 bits per heavy atom. The summed E-state index contributed by atoms with van der Waals surface area (Å²) in [4.78, 5) is 0. The van der Waals surface area contributed by atoms with Gasteiger partial charge in [-0.05, 0) is 264 Å². The van der Waals surface area contributed by atoms with Gasteiger partial charge in [0, 0.05) is 49.9 Å². The zero-order chi connectivity index (χ0) is 86.3. The summed E-state index contributed by atoms with van der Waals surface area (Å²) >= 11 is 0. The van der Waals surface area contributed by atoms with Gasteiger partial charge in [0.05, 0.1) is 0 Å². The van der Waals surface area contributed by atoms with E-state index in [-0.39, 0.29) is 27.1 Å². The SMILES string of the molecule is CCCCCCC1(CCCCCC)c2cc(-c3c4ccccc4c(-c4cc(-c5nnc(-c6ccc(C(C)(C)C)cc6)o5)cc(-c5nnc(-c6ccc(C(C)(C)C)cc6)o5)c4)c4ccccc34)ccc2-c2ccc(-c3c4ccccc4c(-c4cc(-c5nnc(-c6ccc(C(C)(C)C)cc6)o5)cc(-c5nnc(-c6ccc(C(C)(C)C)cc6)o5)c4)c4ccccc34)cc21. The summed E-state index contributed by atoms with van der Waals surface area (Å²) < 4.78 is 26.9. The molecule has 0 radical (unpaired) electrons. The first-order valence-corrected chi connectivity index (χ1v) is 44.6. The molecule has 14 aromatic carbocycles. The zero-order valence-electron chi connectivity index (χ0n) is 74.2. The maximum absolute atomic E-state index is 6.72. The molecule has 1 aliphatic rings. The minimum atomic E-state index is -0.313. The monoisotopic (exact) mass is 1640 g/mol. The first-order chi connectivity index (χ1) is 60.3. The Labute approximate surface area is 732 Å². The number of hydrogen-bond acceptors (Lipinski definition) is 12. The number of unbranched alkanes of at least 4 members (excludes halogenated alkanes) is 6. The lowest BCUT2D eigenvalue weighted by molar-refractivity contribution is 0.401. The standard InChI is InChI=1S/C113H106N8O4/c1-15-17-19-29-59-113(60-30-20-18-16-2)95-67-73(97-87-31-21-25-35-91(87)99(92-36-26-22-32-88(92)97)75-61-77(105-118-114-101(122-105)69-39-49-81(50-40-69)109(3,4)5)65-78(62-75)106-119-115-102(123-106)70-41-51-82(52-42-70)110(6,7)8)47-57-85(95)86-58-48-74(68-96(86)113)98-89-33-23-27-37-93(89)100(94-38-28-24-34-90(94)98)76-63-79(107-120-116-103(124-107)71-43-53-83(54-44-71)111(9,10)11)66-80(64-76)108-121-117-104(125-108)72-45-55-84(56-46-72)112(12,13)14/h21-28,31-58,61-68H,15-20,29-30,59-60H2,1-14H3. The van der Waals surface area contributed by atoms with Crippen molar-refractivity contribution in [3.63, 3.8) is 0 Å². The van der Waals surface area contributed by atoms with E-state index in [0.29, 0.717) is 47.1 Å². The van der Waals surface area contributed by atoms with Gasteiger partial charge in [0.1, 0.15) is 0 Å². The van der Waals surface area contributed by atoms with Crippen LogP contribution in [0, 0.1) is 0 Å². The molecule has 4 aromatic heterocycles. The molecule has 0 saturated heterocycles. The molecule has 0 fully saturated rings. The zero-order valence-corrected chi connectivity index (χ0v) is 74.2. The number of hydrogen-bond donors (Lipinski definition) is 0. The molecule has 0 unspecified atom stereocenters. The quantitative estimate of drug-likeness (QED) is 0.0468. The average molecular weight is 1640 g/mol. The fourth-order valence-corrected chi connectivity index (χ4v) is 19.0. The number of nitrogens with zero attached hydrogens (tertiary/aromatic N) is 8. The number of rotatable bonds is 22. The molecule has 0 spiro atoms. The summed E-state index contributed by atoms with van der Waals surface area (Å²) in [5.41, 5.74) is 25.0. The van der Waals surface area contributed by atoms with Crippen molar-refractivity contribution < 1.29 is 17.7 Å². The summed E-state index contributed by atoms with van der Waals surface area (Å²) in [5.74, 6) is 3.25. The third-order valence-corrected chi connectivity index (χ3v) is 25.8. The topological polar surface area (TPSA) is 156 Å². The lowest BCUT2D eigenvalue weighted by Gasteiger charge is -2.34. The Bertz CT molecular complexity index is 6330. The summed E-state index contributed by atoms with van der Waals surface area (Å²) in [6, 6.07) is 97.3. The fraction of sp³-hybridized carbons (Fsp3) is 0.257. The minimum absolute atomic E-state index is 0.0188. The van der Waals surface area contributed by atoms with E-state index in [1.165, 1.54) is 79.6 Å². The molecule has 19 rings (SSSR count). The van der Waals surface area contributed by atoms with E-state index in [2.05, 4.69) is 372 Å². The first-order valence-electron chi connectivity index (χ1n) is 44.6. The van der Waals surface area contributed by atoms with E-state index < -0.39 is 0 Å². The molecule has 0 N–H and O–H groups in total. The van der Waals surface area contributed by atoms with Crippen molar-refractivity contribution in [2.75, 3.05) is 0 Å². The van der Waals surface area contributed by atoms with Gasteiger partial charge in [0.15, 0.2) is 0 Å². The molecule has 12 heteroatoms. The van der Waals surface area contributed by atoms with Crippen LogP contribution in [0.15, 0.2) is 285 Å². The third kappa shape index (κ3) is 15.5. The molecule has 622 valence electrons. The van der Waals surface area contributed by atoms with Crippen molar-refractivity contribution in [2.24, 2.45) is 0 Å². The highest BCUT2D eigenvalue weighted by atomic mass is 16.4. The number of benzene rings is 14. The number of aromatic nitrogens is 8. The molecule has 125 heavy (non-hydrogen) atoms. The van der Waals surface area contributed by atoms with Gasteiger partial charge in [-0.25, -0.2) is 0 Å². The largest absolute Gasteiger partial charge is 0.416 e. The van der Waals surface area contributed by atoms with Crippen LogP contribution in [0.25, 0.3) is 190 Å². The van der Waals surface area contributed by atoms with Gasteiger partial charge >= 0.3 is 0 Å². The molecule has 4 heterocycles. The van der Waals surface area contributed by atoms with Crippen molar-refractivity contribution in [3.8, 4) is 147 Å². The second kappa shape index (κ2) is 32.4. The highest BCUT2D eigenvalue weighted by Gasteiger charge is 2.43. The predicted octanol–water partition coefficient (Wildman–Crippen LogP) is 31.2. The molecule has 1 aliphatic carbocycles. The second-order valence-electron chi connectivity index (χ2n) is 38.5. The highest BCUT2D eigenvalue weighted by Crippen LogP contribution is 2.58. The predicted molar refractivity (Wildman–Crippen MR) is 512 cm³/mol. The summed E-state index contributed by atoms with van der Waals surface area (Å²) in [7, 11) is 0. The van der Waals surface area contributed by atoms with Crippen molar-refractivity contribution in [3.05, 3.63) is 300 Å². The Kier molecular flexibility index (Phi) is 21.1. The highest BCUT2D eigenvalue weighted by molar-refractivity contribution is 6.23. The second-order valence-corrected chi connectivity index (χ2v) is 38.5. The van der Waals surface area contributed by atoms with Crippen LogP contribution in [-0.4, -0.2) is 40.8 Å². The van der Waals surface area contributed by atoms with Crippen LogP contribution in [0.5, 0.6) is 0 Å². The summed E-state index contributed by atoms with van der Waals surface area (Å²) in [5, 5.41) is 46.9. The molecule has 0 aliphatic heterocycles. The molecule has 18 aromatic rings. The fourth-order valence-electron chi connectivity index (χ4n) is 19.0. The van der Waals surface area contributed by atoms with Gasteiger partial charge in [0.2, 0.25) is 47.1 Å². The summed E-state index contributed by atoms with van der Waals surface area (Å²) in [6.07, 6.45) is 11.3. The van der Waals surface area contributed by atoms with Crippen LogP contribution < -0.4 is 0 Å². The van der Waals surface area contributed by atoms with Crippen molar-refractivity contribution in [1.29, 1.82) is 0 Å². The van der Waals surface area contributed by atoms with E-state index in [4.69, 9.17) is 38.1 Å². The molecule has 12 nitrogen and oxygen atoms in total. The van der Waals surface area contributed by atoms with Crippen LogP contribution >= 0.6 is 0 Å². The Hall–Kier alpha value is -13.3. The van der Waals surface area contributed by atoms with Crippen LogP contribution in [0.3, 0.4) is 0 Å². The van der Waals surface area contributed by atoms with Gasteiger partial charge in [-0.2, -0.15) is 0 Å². The van der Waals surface area contributed by atoms with E-state index in [1.807, 2.05) is 12.1 Å². The first kappa shape index (κ1) is 81.4. The lowest BCUT2D eigenvalue weighted by Crippen LogP contribution is -2.25. The van der Waals surface area contributed by atoms with Crippen LogP contribution in [0.4, 0.5) is 0 Å². The maximum atomic E-state index is 6.72. The Morgan fingerprint density at radius 2 is 0.424 bits per heavy atom. The Morgan fingerprint density at radius 3 is 0.648 bits per heavy atom. The van der Waals surface area contributed by atoms with Crippen LogP contribution in [0.2, 0.25) is 0 Å². The van der Waals surface area contributed by atoms with Gasteiger partial charge in [0.25, 0.3) is 0 Å². The van der Waals surface area contributed by atoms with Gasteiger partial charge < -0.3 is 17.7 Å².